The molecule has 0 bridgehead atoms. The summed E-state index contributed by atoms with van der Waals surface area (Å²) in [6.45, 7) is 1.93. The van der Waals surface area contributed by atoms with E-state index in [1.807, 2.05) is 25.1 Å². The summed E-state index contributed by atoms with van der Waals surface area (Å²) in [4.78, 5) is 12.5. The topological polar surface area (TPSA) is 81.9 Å². The number of nitrogens with one attached hydrogen (secondary N) is 1. The van der Waals surface area contributed by atoms with Gasteiger partial charge in [-0.2, -0.15) is 0 Å². The van der Waals surface area contributed by atoms with E-state index in [0.29, 0.717) is 22.9 Å². The highest BCUT2D eigenvalue weighted by atomic mass is 35.5. The first-order chi connectivity index (χ1) is 12.1. The molecule has 126 valence electrons. The molecule has 25 heavy (non-hydrogen) atoms. The van der Waals surface area contributed by atoms with Gasteiger partial charge in [0.2, 0.25) is 0 Å². The molecule has 1 N–H and O–H groups in total. The molecule has 3 aromatic rings. The number of aryl methyl sites for hydroxylation is 1. The number of anilines is 1. The highest BCUT2D eigenvalue weighted by molar-refractivity contribution is 6.30. The molecule has 8 heteroatoms. The maximum atomic E-state index is 12.5. The Morgan fingerprint density at radius 2 is 2.20 bits per heavy atom. The van der Waals surface area contributed by atoms with Gasteiger partial charge in [-0.3, -0.25) is 4.79 Å². The van der Waals surface area contributed by atoms with E-state index in [2.05, 4.69) is 20.8 Å². The summed E-state index contributed by atoms with van der Waals surface area (Å²) in [5.74, 6) is 0.511. The fraction of sp³-hybridized carbons (Fsp3) is 0.176. The molecule has 0 saturated carbocycles. The van der Waals surface area contributed by atoms with Crippen LogP contribution in [0, 0.1) is 6.92 Å². The average Bonchev–Trinajstić information content (AvgIpc) is 3.23. The summed E-state index contributed by atoms with van der Waals surface area (Å²) in [7, 11) is 0. The fourth-order valence-electron chi connectivity index (χ4n) is 2.85. The summed E-state index contributed by atoms with van der Waals surface area (Å²) in [6.07, 6.45) is 1.46. The molecule has 0 spiro atoms. The number of halogens is 1. The lowest BCUT2D eigenvalue weighted by Crippen LogP contribution is -2.31. The van der Waals surface area contributed by atoms with Gasteiger partial charge < -0.3 is 10.1 Å². The number of fused-ring (bicyclic) bond motifs is 1. The van der Waals surface area contributed by atoms with Crippen LogP contribution in [0.1, 0.15) is 11.1 Å². The molecule has 0 radical (unpaired) electrons. The molecule has 2 aromatic carbocycles. The maximum Gasteiger partial charge on any atom is 0.265 e. The van der Waals surface area contributed by atoms with Gasteiger partial charge in [0.15, 0.2) is 6.10 Å². The molecule has 1 atom stereocenters. The number of hydrogen-bond donors (Lipinski definition) is 1. The van der Waals surface area contributed by atoms with Crippen LogP contribution in [0.4, 0.5) is 5.69 Å². The van der Waals surface area contributed by atoms with E-state index in [-0.39, 0.29) is 5.91 Å². The first-order valence-corrected chi connectivity index (χ1v) is 8.08. The van der Waals surface area contributed by atoms with Crippen molar-refractivity contribution in [3.8, 4) is 11.4 Å². The van der Waals surface area contributed by atoms with Crippen LogP contribution in [-0.2, 0) is 11.2 Å². The Hall–Kier alpha value is -2.93. The van der Waals surface area contributed by atoms with Gasteiger partial charge in [-0.05, 0) is 64.9 Å². The van der Waals surface area contributed by atoms with E-state index in [1.165, 1.54) is 6.33 Å². The van der Waals surface area contributed by atoms with Crippen molar-refractivity contribution in [1.82, 2.24) is 20.2 Å². The van der Waals surface area contributed by atoms with Crippen LogP contribution in [-0.4, -0.2) is 32.2 Å². The maximum absolute atomic E-state index is 12.5. The highest BCUT2D eigenvalue weighted by Gasteiger charge is 2.29. The molecule has 4 rings (SSSR count). The van der Waals surface area contributed by atoms with Crippen molar-refractivity contribution >= 4 is 23.2 Å². The third-order valence-corrected chi connectivity index (χ3v) is 4.28. The van der Waals surface area contributed by atoms with E-state index >= 15 is 0 Å². The minimum atomic E-state index is -0.562. The van der Waals surface area contributed by atoms with Crippen LogP contribution < -0.4 is 10.1 Å². The summed E-state index contributed by atoms with van der Waals surface area (Å²) in [6, 6.07) is 10.9. The summed E-state index contributed by atoms with van der Waals surface area (Å²) >= 11 is 5.98. The Balaban J connectivity index is 1.48. The standard InChI is InChI=1S/C17H14ClN5O2/c1-10-6-13(3-4-14(10)23-9-19-21-22-23)20-17(24)16-8-11-7-12(18)2-5-15(11)25-16/h2-7,9,16H,8H2,1H3,(H,20,24). The molecule has 1 aliphatic rings. The van der Waals surface area contributed by atoms with Gasteiger partial charge in [0.25, 0.3) is 5.91 Å². The minimum Gasteiger partial charge on any atom is -0.480 e. The lowest BCUT2D eigenvalue weighted by atomic mass is 10.1. The number of rotatable bonds is 3. The Morgan fingerprint density at radius 1 is 1.32 bits per heavy atom. The van der Waals surface area contributed by atoms with Crippen molar-refractivity contribution < 1.29 is 9.53 Å². The van der Waals surface area contributed by atoms with Gasteiger partial charge >= 0.3 is 0 Å². The second-order valence-corrected chi connectivity index (χ2v) is 6.24. The summed E-state index contributed by atoms with van der Waals surface area (Å²) < 4.78 is 7.28. The second-order valence-electron chi connectivity index (χ2n) is 5.81. The van der Waals surface area contributed by atoms with Gasteiger partial charge in [-0.25, -0.2) is 4.68 Å². The van der Waals surface area contributed by atoms with Crippen LogP contribution >= 0.6 is 11.6 Å². The van der Waals surface area contributed by atoms with Crippen LogP contribution in [0.5, 0.6) is 5.75 Å². The van der Waals surface area contributed by atoms with Crippen LogP contribution in [0.2, 0.25) is 5.02 Å². The predicted octanol–water partition coefficient (Wildman–Crippen LogP) is 2.57. The number of hydrogen-bond acceptors (Lipinski definition) is 5. The Morgan fingerprint density at radius 3 is 2.96 bits per heavy atom. The zero-order chi connectivity index (χ0) is 17.4. The van der Waals surface area contributed by atoms with Gasteiger partial charge in [-0.1, -0.05) is 11.6 Å². The van der Waals surface area contributed by atoms with Gasteiger partial charge in [0.05, 0.1) is 5.69 Å². The van der Waals surface area contributed by atoms with Gasteiger partial charge in [-0.15, -0.1) is 5.10 Å². The Bertz CT molecular complexity index is 942. The minimum absolute atomic E-state index is 0.193. The van der Waals surface area contributed by atoms with Crippen molar-refractivity contribution in [3.63, 3.8) is 0 Å². The molecule has 1 unspecified atom stereocenters. The largest absolute Gasteiger partial charge is 0.480 e. The van der Waals surface area contributed by atoms with Crippen LogP contribution in [0.3, 0.4) is 0 Å². The smallest absolute Gasteiger partial charge is 0.265 e. The summed E-state index contributed by atoms with van der Waals surface area (Å²) in [5, 5.41) is 14.6. The van der Waals surface area contributed by atoms with E-state index in [0.717, 1.165) is 16.8 Å². The molecular weight excluding hydrogens is 342 g/mol. The van der Waals surface area contributed by atoms with Crippen LogP contribution in [0.15, 0.2) is 42.7 Å². The first-order valence-electron chi connectivity index (χ1n) is 7.70. The lowest BCUT2D eigenvalue weighted by Gasteiger charge is -2.13. The quantitative estimate of drug-likeness (QED) is 0.780. The zero-order valence-corrected chi connectivity index (χ0v) is 14.1. The van der Waals surface area contributed by atoms with E-state index in [1.54, 1.807) is 22.9 Å². The molecule has 1 amide bonds. The fourth-order valence-corrected chi connectivity index (χ4v) is 3.04. The Labute approximate surface area is 148 Å². The van der Waals surface area contributed by atoms with Crippen molar-refractivity contribution in [2.24, 2.45) is 0 Å². The third-order valence-electron chi connectivity index (χ3n) is 4.05. The Kier molecular flexibility index (Phi) is 3.85. The monoisotopic (exact) mass is 355 g/mol. The van der Waals surface area contributed by atoms with Crippen LogP contribution in [0.25, 0.3) is 5.69 Å². The molecule has 0 fully saturated rings. The average molecular weight is 356 g/mol. The molecule has 0 aliphatic carbocycles. The number of nitrogens with zero attached hydrogens (tertiary/aromatic N) is 4. The molecule has 7 nitrogen and oxygen atoms in total. The molecule has 1 aliphatic heterocycles. The van der Waals surface area contributed by atoms with E-state index in [9.17, 15) is 4.79 Å². The van der Waals surface area contributed by atoms with Crippen molar-refractivity contribution in [3.05, 3.63) is 58.9 Å². The number of aromatic nitrogens is 4. The molecule has 0 saturated heterocycles. The predicted molar refractivity (Wildman–Crippen MR) is 92.1 cm³/mol. The zero-order valence-electron chi connectivity index (χ0n) is 13.3. The highest BCUT2D eigenvalue weighted by Crippen LogP contribution is 2.31. The number of benzene rings is 2. The number of carbonyl (C=O) groups excluding carboxylic acids is 1. The first kappa shape index (κ1) is 15.6. The normalized spacial score (nSPS) is 15.5. The van der Waals surface area contributed by atoms with Crippen molar-refractivity contribution in [2.45, 2.75) is 19.4 Å². The van der Waals surface area contributed by atoms with Crippen molar-refractivity contribution in [2.75, 3.05) is 5.32 Å². The molecular formula is C17H14ClN5O2. The SMILES string of the molecule is Cc1cc(NC(=O)C2Cc3cc(Cl)ccc3O2)ccc1-n1cnnn1. The number of ether oxygens (including phenoxy) is 1. The number of amides is 1. The van der Waals surface area contributed by atoms with E-state index < -0.39 is 6.10 Å². The third kappa shape index (κ3) is 3.06. The van der Waals surface area contributed by atoms with Gasteiger partial charge in [0, 0.05) is 17.1 Å². The number of tetrazole rings is 1. The lowest BCUT2D eigenvalue weighted by molar-refractivity contribution is -0.122. The molecule has 1 aromatic heterocycles. The van der Waals surface area contributed by atoms with Crippen molar-refractivity contribution in [1.29, 1.82) is 0 Å². The second kappa shape index (κ2) is 6.18. The van der Waals surface area contributed by atoms with E-state index in [4.69, 9.17) is 16.3 Å². The summed E-state index contributed by atoms with van der Waals surface area (Å²) in [5.41, 5.74) is 3.42. The number of carbonyl (C=O) groups is 1. The van der Waals surface area contributed by atoms with Gasteiger partial charge in [0.1, 0.15) is 12.1 Å². The molecule has 2 heterocycles.